The average Bonchev–Trinajstić information content (AvgIpc) is 3.09. The third kappa shape index (κ3) is 7.57. The standard InChI is InChI=1S/C37H30Cl2N2O5S2/c38-33-21-35(39)37(42)36(22-33)48(45,46)41(24-26-13-15-31(16-14-26)29-9-2-1-3-10-29)25-28-8-6-7-27(19-28)23-40-47(43,44)34-18-17-30-11-4-5-12-32(30)20-34/h1-22,40,42H,23-25H2. The van der Waals surface area contributed by atoms with Crippen molar-refractivity contribution in [2.24, 2.45) is 0 Å². The first-order valence-corrected chi connectivity index (χ1v) is 18.6. The molecule has 0 aromatic heterocycles. The molecule has 6 aromatic carbocycles. The number of nitrogens with one attached hydrogen (secondary N) is 1. The summed E-state index contributed by atoms with van der Waals surface area (Å²) in [6.07, 6.45) is 0. The topological polar surface area (TPSA) is 104 Å². The molecular formula is C37H30Cl2N2O5S2. The molecule has 0 aliphatic carbocycles. The second-order valence-corrected chi connectivity index (χ2v) is 15.7. The van der Waals surface area contributed by atoms with Gasteiger partial charge in [-0.25, -0.2) is 21.6 Å². The molecule has 0 amide bonds. The zero-order valence-corrected chi connectivity index (χ0v) is 28.6. The monoisotopic (exact) mass is 716 g/mol. The molecule has 0 bridgehead atoms. The quantitative estimate of drug-likeness (QED) is 0.140. The first-order valence-electron chi connectivity index (χ1n) is 14.9. The van der Waals surface area contributed by atoms with E-state index in [2.05, 4.69) is 4.72 Å². The molecule has 0 unspecified atom stereocenters. The minimum Gasteiger partial charge on any atom is -0.505 e. The van der Waals surface area contributed by atoms with Crippen molar-refractivity contribution < 1.29 is 21.9 Å². The number of hydrogen-bond acceptors (Lipinski definition) is 5. The lowest BCUT2D eigenvalue weighted by Crippen LogP contribution is -2.30. The number of hydrogen-bond donors (Lipinski definition) is 2. The van der Waals surface area contributed by atoms with E-state index in [1.165, 1.54) is 16.4 Å². The summed E-state index contributed by atoms with van der Waals surface area (Å²) >= 11 is 12.3. The van der Waals surface area contributed by atoms with E-state index in [-0.39, 0.29) is 34.6 Å². The molecule has 2 N–H and O–H groups in total. The van der Waals surface area contributed by atoms with Crippen LogP contribution in [-0.2, 0) is 39.7 Å². The van der Waals surface area contributed by atoms with Gasteiger partial charge in [0, 0.05) is 24.7 Å². The van der Waals surface area contributed by atoms with Crippen LogP contribution in [0.4, 0.5) is 0 Å². The predicted molar refractivity (Wildman–Crippen MR) is 191 cm³/mol. The Labute approximate surface area is 290 Å². The lowest BCUT2D eigenvalue weighted by Gasteiger charge is -2.24. The minimum atomic E-state index is -4.33. The number of benzene rings is 6. The highest BCUT2D eigenvalue weighted by atomic mass is 35.5. The van der Waals surface area contributed by atoms with Gasteiger partial charge in [-0.2, -0.15) is 4.31 Å². The number of halogens is 2. The van der Waals surface area contributed by atoms with Crippen molar-refractivity contribution in [2.45, 2.75) is 29.4 Å². The molecule has 0 atom stereocenters. The van der Waals surface area contributed by atoms with Gasteiger partial charge >= 0.3 is 0 Å². The van der Waals surface area contributed by atoms with Crippen LogP contribution in [0.1, 0.15) is 16.7 Å². The smallest absolute Gasteiger partial charge is 0.247 e. The van der Waals surface area contributed by atoms with E-state index in [0.717, 1.165) is 21.9 Å². The number of phenolic OH excluding ortho intramolecular Hbond substituents is 1. The highest BCUT2D eigenvalue weighted by Crippen LogP contribution is 2.37. The molecule has 0 fully saturated rings. The molecule has 0 heterocycles. The summed E-state index contributed by atoms with van der Waals surface area (Å²) in [4.78, 5) is -0.270. The molecule has 6 aromatic rings. The van der Waals surface area contributed by atoms with E-state index in [4.69, 9.17) is 23.2 Å². The number of rotatable bonds is 11. The van der Waals surface area contributed by atoms with E-state index in [0.29, 0.717) is 16.7 Å². The minimum absolute atomic E-state index is 0.0125. The maximum absolute atomic E-state index is 14.1. The fourth-order valence-electron chi connectivity index (χ4n) is 5.38. The Morgan fingerprint density at radius 1 is 0.604 bits per heavy atom. The van der Waals surface area contributed by atoms with Crippen molar-refractivity contribution in [2.75, 3.05) is 0 Å². The number of nitrogens with zero attached hydrogens (tertiary/aromatic N) is 1. The van der Waals surface area contributed by atoms with Gasteiger partial charge < -0.3 is 5.11 Å². The molecule has 244 valence electrons. The Morgan fingerprint density at radius 2 is 1.25 bits per heavy atom. The average molecular weight is 718 g/mol. The largest absolute Gasteiger partial charge is 0.505 e. The van der Waals surface area contributed by atoms with Crippen molar-refractivity contribution in [3.63, 3.8) is 0 Å². The number of phenols is 1. The van der Waals surface area contributed by atoms with Gasteiger partial charge in [-0.3, -0.25) is 0 Å². The third-order valence-corrected chi connectivity index (χ3v) is 11.6. The molecule has 7 nitrogen and oxygen atoms in total. The summed E-state index contributed by atoms with van der Waals surface area (Å²) in [5.74, 6) is -0.595. The van der Waals surface area contributed by atoms with Crippen molar-refractivity contribution >= 4 is 54.0 Å². The first-order chi connectivity index (χ1) is 23.0. The maximum atomic E-state index is 14.1. The van der Waals surface area contributed by atoms with Crippen LogP contribution in [0.15, 0.2) is 143 Å². The van der Waals surface area contributed by atoms with Crippen LogP contribution in [-0.4, -0.2) is 26.2 Å². The van der Waals surface area contributed by atoms with Crippen molar-refractivity contribution in [1.29, 1.82) is 0 Å². The SMILES string of the molecule is O=S(=O)(NCc1cccc(CN(Cc2ccc(-c3ccccc3)cc2)S(=O)(=O)c2cc(Cl)cc(Cl)c2O)c1)c1ccc2ccccc2c1. The zero-order chi connectivity index (χ0) is 33.9. The van der Waals surface area contributed by atoms with Gasteiger partial charge in [-0.05, 0) is 62.9 Å². The fraction of sp³-hybridized carbons (Fsp3) is 0.0811. The zero-order valence-electron chi connectivity index (χ0n) is 25.4. The normalized spacial score (nSPS) is 12.1. The summed E-state index contributed by atoms with van der Waals surface area (Å²) in [6, 6.07) is 39.3. The number of fused-ring (bicyclic) bond motifs is 1. The fourth-order valence-corrected chi connectivity index (χ4v) is 8.59. The lowest BCUT2D eigenvalue weighted by atomic mass is 10.0. The lowest BCUT2D eigenvalue weighted by molar-refractivity contribution is 0.394. The van der Waals surface area contributed by atoms with Crippen molar-refractivity contribution in [3.8, 4) is 16.9 Å². The molecule has 0 saturated heterocycles. The number of sulfonamides is 2. The molecule has 0 spiro atoms. The summed E-state index contributed by atoms with van der Waals surface area (Å²) < 4.78 is 58.4. The Balaban J connectivity index is 1.27. The van der Waals surface area contributed by atoms with Crippen LogP contribution in [0.5, 0.6) is 5.75 Å². The Hall–Kier alpha value is -4.22. The van der Waals surface area contributed by atoms with E-state index in [9.17, 15) is 21.9 Å². The second kappa shape index (κ2) is 14.1. The molecule has 0 aliphatic rings. The van der Waals surface area contributed by atoms with E-state index < -0.39 is 30.7 Å². The molecule has 48 heavy (non-hydrogen) atoms. The first kappa shape index (κ1) is 33.7. The van der Waals surface area contributed by atoms with Gasteiger partial charge in [0.2, 0.25) is 20.0 Å². The summed E-state index contributed by atoms with van der Waals surface area (Å²) in [5, 5.41) is 12.3. The number of aromatic hydroxyl groups is 1. The molecule has 0 aliphatic heterocycles. The highest BCUT2D eigenvalue weighted by Gasteiger charge is 2.29. The van der Waals surface area contributed by atoms with E-state index in [1.807, 2.05) is 78.9 Å². The third-order valence-electron chi connectivity index (χ3n) is 7.88. The van der Waals surface area contributed by atoms with Gasteiger partial charge in [-0.1, -0.05) is 132 Å². The Kier molecular flexibility index (Phi) is 9.89. The van der Waals surface area contributed by atoms with Gasteiger partial charge in [0.15, 0.2) is 5.75 Å². The summed E-state index contributed by atoms with van der Waals surface area (Å²) in [7, 11) is -8.17. The van der Waals surface area contributed by atoms with E-state index >= 15 is 0 Å². The summed E-state index contributed by atoms with van der Waals surface area (Å²) in [6.45, 7) is -0.126. The predicted octanol–water partition coefficient (Wildman–Crippen LogP) is 8.39. The second-order valence-electron chi connectivity index (χ2n) is 11.2. The van der Waals surface area contributed by atoms with Crippen LogP contribution < -0.4 is 4.72 Å². The van der Waals surface area contributed by atoms with Crippen LogP contribution in [0, 0.1) is 0 Å². The Bertz CT molecular complexity index is 2320. The summed E-state index contributed by atoms with van der Waals surface area (Å²) in [5.41, 5.74) is 3.96. The molecular weight excluding hydrogens is 687 g/mol. The molecule has 0 radical (unpaired) electrons. The van der Waals surface area contributed by atoms with Gasteiger partial charge in [0.05, 0.1) is 9.92 Å². The van der Waals surface area contributed by atoms with E-state index in [1.54, 1.807) is 42.5 Å². The molecule has 6 rings (SSSR count). The van der Waals surface area contributed by atoms with Crippen molar-refractivity contribution in [1.82, 2.24) is 9.03 Å². The maximum Gasteiger partial charge on any atom is 0.247 e. The van der Waals surface area contributed by atoms with Crippen LogP contribution in [0.3, 0.4) is 0 Å². The molecule has 11 heteroatoms. The van der Waals surface area contributed by atoms with Gasteiger partial charge in [0.1, 0.15) is 4.90 Å². The van der Waals surface area contributed by atoms with Crippen LogP contribution >= 0.6 is 23.2 Å². The van der Waals surface area contributed by atoms with Crippen molar-refractivity contribution in [3.05, 3.63) is 160 Å². The van der Waals surface area contributed by atoms with Crippen LogP contribution in [0.25, 0.3) is 21.9 Å². The highest BCUT2D eigenvalue weighted by molar-refractivity contribution is 7.89. The van der Waals surface area contributed by atoms with Gasteiger partial charge in [-0.15, -0.1) is 0 Å². The van der Waals surface area contributed by atoms with Gasteiger partial charge in [0.25, 0.3) is 0 Å². The molecule has 0 saturated carbocycles. The van der Waals surface area contributed by atoms with Crippen LogP contribution in [0.2, 0.25) is 10.0 Å². The Morgan fingerprint density at radius 3 is 2.00 bits per heavy atom.